The molecular formula is C28H21N3O3. The van der Waals surface area contributed by atoms with Gasteiger partial charge in [-0.3, -0.25) is 4.79 Å². The van der Waals surface area contributed by atoms with Crippen LogP contribution in [0.15, 0.2) is 96.2 Å². The lowest BCUT2D eigenvalue weighted by atomic mass is 10.0. The molecule has 0 aliphatic rings. The number of fused-ring (bicyclic) bond motifs is 1. The van der Waals surface area contributed by atoms with Crippen LogP contribution >= 0.6 is 0 Å². The van der Waals surface area contributed by atoms with E-state index in [1.54, 1.807) is 24.3 Å². The number of ether oxygens (including phenoxy) is 1. The van der Waals surface area contributed by atoms with Crippen molar-refractivity contribution in [3.8, 4) is 28.5 Å². The van der Waals surface area contributed by atoms with Gasteiger partial charge in [-0.15, -0.1) is 0 Å². The molecule has 3 aromatic carbocycles. The summed E-state index contributed by atoms with van der Waals surface area (Å²) in [6.07, 6.45) is 0. The van der Waals surface area contributed by atoms with Crippen molar-refractivity contribution in [1.82, 2.24) is 4.98 Å². The lowest BCUT2D eigenvalue weighted by molar-refractivity contribution is -0.118. The van der Waals surface area contributed by atoms with E-state index in [4.69, 9.17) is 20.7 Å². The molecule has 4 rings (SSSR count). The third-order valence-electron chi connectivity index (χ3n) is 5.34. The monoisotopic (exact) mass is 447 g/mol. The first kappa shape index (κ1) is 22.4. The Morgan fingerprint density at radius 2 is 1.53 bits per heavy atom. The molecule has 34 heavy (non-hydrogen) atoms. The minimum atomic E-state index is -0.680. The van der Waals surface area contributed by atoms with E-state index < -0.39 is 18.4 Å². The number of nitrogens with two attached hydrogens (primary N) is 1. The zero-order valence-corrected chi connectivity index (χ0v) is 18.5. The maximum Gasteiger partial charge on any atom is 0.339 e. The van der Waals surface area contributed by atoms with Crippen molar-refractivity contribution in [2.75, 3.05) is 6.61 Å². The molecule has 0 radical (unpaired) electrons. The first-order chi connectivity index (χ1) is 16.5. The van der Waals surface area contributed by atoms with Crippen LogP contribution in [-0.4, -0.2) is 23.3 Å². The summed E-state index contributed by atoms with van der Waals surface area (Å²) in [5.41, 5.74) is 9.95. The second kappa shape index (κ2) is 9.80. The quantitative estimate of drug-likeness (QED) is 0.252. The first-order valence-electron chi connectivity index (χ1n) is 10.6. The van der Waals surface area contributed by atoms with Gasteiger partial charge in [0.25, 0.3) is 0 Å². The number of rotatable bonds is 6. The Hall–Kier alpha value is -4.76. The van der Waals surface area contributed by atoms with E-state index in [1.807, 2.05) is 66.7 Å². The topological polar surface area (TPSA) is 106 Å². The number of hydrogen-bond donors (Lipinski definition) is 1. The highest BCUT2D eigenvalue weighted by Crippen LogP contribution is 2.28. The Morgan fingerprint density at radius 3 is 2.21 bits per heavy atom. The molecule has 0 unspecified atom stereocenters. The molecule has 0 bridgehead atoms. The van der Waals surface area contributed by atoms with Crippen molar-refractivity contribution >= 4 is 22.7 Å². The van der Waals surface area contributed by atoms with Crippen LogP contribution in [0, 0.1) is 11.3 Å². The van der Waals surface area contributed by atoms with E-state index in [0.29, 0.717) is 16.6 Å². The van der Waals surface area contributed by atoms with E-state index in [1.165, 1.54) is 6.92 Å². The molecule has 0 aliphatic heterocycles. The van der Waals surface area contributed by atoms with E-state index in [-0.39, 0.29) is 16.8 Å². The Morgan fingerprint density at radius 1 is 0.912 bits per heavy atom. The number of nitriles is 1. The van der Waals surface area contributed by atoms with Gasteiger partial charge in [0, 0.05) is 16.6 Å². The normalized spacial score (nSPS) is 11.4. The van der Waals surface area contributed by atoms with E-state index in [2.05, 4.69) is 0 Å². The fourth-order valence-electron chi connectivity index (χ4n) is 3.61. The summed E-state index contributed by atoms with van der Waals surface area (Å²) in [7, 11) is 0. The van der Waals surface area contributed by atoms with E-state index >= 15 is 0 Å². The van der Waals surface area contributed by atoms with Crippen molar-refractivity contribution in [3.05, 3.63) is 102 Å². The number of esters is 1. The number of allylic oxidation sites excluding steroid dienone is 1. The number of carbonyl (C=O) groups excluding carboxylic acids is 2. The molecule has 1 heterocycles. The van der Waals surface area contributed by atoms with Gasteiger partial charge in [0.1, 0.15) is 11.6 Å². The predicted molar refractivity (Wildman–Crippen MR) is 130 cm³/mol. The van der Waals surface area contributed by atoms with Gasteiger partial charge < -0.3 is 10.5 Å². The number of pyridine rings is 1. The highest BCUT2D eigenvalue weighted by atomic mass is 16.5. The van der Waals surface area contributed by atoms with Gasteiger partial charge in [-0.05, 0) is 30.2 Å². The number of nitrogens with zero attached hydrogens (tertiary/aromatic N) is 2. The van der Waals surface area contributed by atoms with Gasteiger partial charge >= 0.3 is 5.97 Å². The third kappa shape index (κ3) is 4.69. The number of aromatic nitrogens is 1. The second-order valence-electron chi connectivity index (χ2n) is 7.68. The molecule has 6 heteroatoms. The largest absolute Gasteiger partial charge is 0.454 e. The van der Waals surface area contributed by atoms with Gasteiger partial charge in [0.15, 0.2) is 6.61 Å². The molecule has 2 N–H and O–H groups in total. The molecule has 6 nitrogen and oxygen atoms in total. The summed E-state index contributed by atoms with van der Waals surface area (Å²) in [4.78, 5) is 29.8. The van der Waals surface area contributed by atoms with E-state index in [9.17, 15) is 9.59 Å². The maximum atomic E-state index is 12.9. The van der Waals surface area contributed by atoms with Crippen LogP contribution in [0.1, 0.15) is 17.3 Å². The fraction of sp³-hybridized carbons (Fsp3) is 0.0714. The Bertz CT molecular complexity index is 1450. The molecule has 0 spiro atoms. The lowest BCUT2D eigenvalue weighted by Gasteiger charge is -2.11. The summed E-state index contributed by atoms with van der Waals surface area (Å²) in [6, 6.07) is 28.6. The average Bonchev–Trinajstić information content (AvgIpc) is 2.87. The van der Waals surface area contributed by atoms with Gasteiger partial charge in [0.05, 0.1) is 16.8 Å². The summed E-state index contributed by atoms with van der Waals surface area (Å²) in [6.45, 7) is 0.873. The number of benzene rings is 3. The molecule has 0 aliphatic carbocycles. The minimum absolute atomic E-state index is 0.0825. The highest BCUT2D eigenvalue weighted by molar-refractivity contribution is 6.06. The van der Waals surface area contributed by atoms with Crippen LogP contribution in [0.3, 0.4) is 0 Å². The zero-order chi connectivity index (χ0) is 24.1. The van der Waals surface area contributed by atoms with Crippen LogP contribution < -0.4 is 5.73 Å². The highest BCUT2D eigenvalue weighted by Gasteiger charge is 2.19. The van der Waals surface area contributed by atoms with Crippen molar-refractivity contribution in [2.24, 2.45) is 5.73 Å². The number of ketones is 1. The number of hydrogen-bond acceptors (Lipinski definition) is 6. The summed E-state index contributed by atoms with van der Waals surface area (Å²) in [5, 5.41) is 9.69. The van der Waals surface area contributed by atoms with Gasteiger partial charge in [0.2, 0.25) is 5.78 Å². The van der Waals surface area contributed by atoms with Crippen LogP contribution in [0.4, 0.5) is 0 Å². The average molecular weight is 447 g/mol. The smallest absolute Gasteiger partial charge is 0.339 e. The Kier molecular flexibility index (Phi) is 6.47. The number of para-hydroxylation sites is 1. The molecule has 0 saturated heterocycles. The summed E-state index contributed by atoms with van der Waals surface area (Å²) >= 11 is 0. The van der Waals surface area contributed by atoms with E-state index in [0.717, 1.165) is 16.7 Å². The lowest BCUT2D eigenvalue weighted by Crippen LogP contribution is -2.18. The third-order valence-corrected chi connectivity index (χ3v) is 5.34. The predicted octanol–water partition coefficient (Wildman–Crippen LogP) is 5.05. The molecule has 0 fully saturated rings. The number of Topliss-reactive ketones (excluding diaryl/α,β-unsaturated/α-hetero) is 1. The van der Waals surface area contributed by atoms with Crippen molar-refractivity contribution in [3.63, 3.8) is 0 Å². The zero-order valence-electron chi connectivity index (χ0n) is 18.5. The van der Waals surface area contributed by atoms with Gasteiger partial charge in [-0.25, -0.2) is 9.78 Å². The van der Waals surface area contributed by atoms with Crippen LogP contribution in [0.25, 0.3) is 33.3 Å². The fourth-order valence-corrected chi connectivity index (χ4v) is 3.61. The van der Waals surface area contributed by atoms with Crippen molar-refractivity contribution in [1.29, 1.82) is 5.26 Å². The molecule has 0 amide bonds. The van der Waals surface area contributed by atoms with Crippen LogP contribution in [0.2, 0.25) is 0 Å². The standard InChI is InChI=1S/C28H21N3O3/c1-18(30)24(16-29)27(32)17-34-28(33)23-15-26(31-25-10-6-5-9-22(23)25)21-13-11-20(12-14-21)19-7-3-2-4-8-19/h2-15H,17,30H2,1H3/b24-18+. The molecule has 1 aromatic heterocycles. The van der Waals surface area contributed by atoms with Crippen molar-refractivity contribution < 1.29 is 14.3 Å². The molecule has 0 saturated carbocycles. The Labute approximate surface area is 196 Å². The maximum absolute atomic E-state index is 12.9. The SMILES string of the molecule is C/C(N)=C(/C#N)C(=O)COC(=O)c1cc(-c2ccc(-c3ccccc3)cc2)nc2ccccc12. The Balaban J connectivity index is 1.66. The summed E-state index contributed by atoms with van der Waals surface area (Å²) in [5.74, 6) is -1.33. The first-order valence-corrected chi connectivity index (χ1v) is 10.6. The molecule has 166 valence electrons. The molecular weight excluding hydrogens is 426 g/mol. The summed E-state index contributed by atoms with van der Waals surface area (Å²) < 4.78 is 5.24. The van der Waals surface area contributed by atoms with Crippen LogP contribution in [-0.2, 0) is 9.53 Å². The van der Waals surface area contributed by atoms with Crippen LogP contribution in [0.5, 0.6) is 0 Å². The molecule has 0 atom stereocenters. The van der Waals surface area contributed by atoms with Gasteiger partial charge in [-0.1, -0.05) is 72.8 Å². The second-order valence-corrected chi connectivity index (χ2v) is 7.68. The van der Waals surface area contributed by atoms with Crippen molar-refractivity contribution in [2.45, 2.75) is 6.92 Å². The number of carbonyl (C=O) groups is 2. The molecule has 4 aromatic rings. The van der Waals surface area contributed by atoms with Gasteiger partial charge in [-0.2, -0.15) is 5.26 Å². The minimum Gasteiger partial charge on any atom is -0.454 e.